The Balaban J connectivity index is 1.43. The van der Waals surface area contributed by atoms with Crippen LogP contribution in [-0.4, -0.2) is 22.1 Å². The second-order valence-electron chi connectivity index (χ2n) is 9.98. The molecule has 0 radical (unpaired) electrons. The molecule has 2 aromatic carbocycles. The first-order valence-corrected chi connectivity index (χ1v) is 14.1. The molecule has 6 heteroatoms. The van der Waals surface area contributed by atoms with Crippen molar-refractivity contribution in [3.05, 3.63) is 105 Å². The maximum atomic E-state index is 14.0. The van der Waals surface area contributed by atoms with E-state index in [9.17, 15) is 4.79 Å². The fraction of sp³-hybridized carbons (Fsp3) is 0.323. The number of carbonyl (C=O) groups is 1. The first kappa shape index (κ1) is 23.9. The number of aromatic nitrogens is 1. The van der Waals surface area contributed by atoms with Gasteiger partial charge in [0.05, 0.1) is 24.9 Å². The number of hydrogen-bond donors (Lipinski definition) is 1. The maximum Gasteiger partial charge on any atom is 0.318 e. The van der Waals surface area contributed by atoms with Crippen molar-refractivity contribution in [1.29, 1.82) is 0 Å². The van der Waals surface area contributed by atoms with Crippen molar-refractivity contribution in [3.8, 4) is 10.8 Å². The van der Waals surface area contributed by atoms with Gasteiger partial charge in [-0.1, -0.05) is 42.0 Å². The minimum atomic E-state index is -0.229. The Morgan fingerprint density at radius 2 is 1.89 bits per heavy atom. The molecule has 0 fully saturated rings. The van der Waals surface area contributed by atoms with Gasteiger partial charge in [-0.05, 0) is 80.5 Å². The van der Waals surface area contributed by atoms with Gasteiger partial charge in [-0.25, -0.2) is 4.79 Å². The molecule has 1 atom stereocenters. The monoisotopic (exact) mass is 511 g/mol. The molecule has 3 heterocycles. The quantitative estimate of drug-likeness (QED) is 0.315. The van der Waals surface area contributed by atoms with Crippen LogP contribution in [0, 0.1) is 6.92 Å². The van der Waals surface area contributed by atoms with Crippen LogP contribution < -0.4 is 10.1 Å². The third-order valence-corrected chi connectivity index (χ3v) is 8.82. The van der Waals surface area contributed by atoms with Crippen LogP contribution in [0.25, 0.3) is 5.00 Å². The van der Waals surface area contributed by atoms with Crippen molar-refractivity contribution in [1.82, 2.24) is 14.8 Å². The zero-order valence-corrected chi connectivity index (χ0v) is 22.3. The smallest absolute Gasteiger partial charge is 0.318 e. The summed E-state index contributed by atoms with van der Waals surface area (Å²) in [5.74, 6) is 0.828. The zero-order valence-electron chi connectivity index (χ0n) is 21.5. The molecule has 2 amide bonds. The molecule has 190 valence electrons. The van der Waals surface area contributed by atoms with Crippen molar-refractivity contribution in [2.45, 2.75) is 58.7 Å². The Hall–Kier alpha value is -3.51. The van der Waals surface area contributed by atoms with Crippen molar-refractivity contribution in [3.63, 3.8) is 0 Å². The zero-order chi connectivity index (χ0) is 25.4. The second kappa shape index (κ2) is 10.1. The number of nitrogens with zero attached hydrogens (tertiary/aromatic N) is 2. The Morgan fingerprint density at radius 3 is 2.73 bits per heavy atom. The summed E-state index contributed by atoms with van der Waals surface area (Å²) < 4.78 is 8.17. The van der Waals surface area contributed by atoms with Crippen LogP contribution in [0.5, 0.6) is 5.75 Å². The molecule has 37 heavy (non-hydrogen) atoms. The predicted octanol–water partition coefficient (Wildman–Crippen LogP) is 6.94. The van der Waals surface area contributed by atoms with Crippen molar-refractivity contribution < 1.29 is 9.53 Å². The minimum Gasteiger partial charge on any atom is -0.494 e. The van der Waals surface area contributed by atoms with Crippen molar-refractivity contribution in [2.75, 3.05) is 6.61 Å². The topological polar surface area (TPSA) is 46.5 Å². The van der Waals surface area contributed by atoms with E-state index in [0.29, 0.717) is 19.7 Å². The number of hydrogen-bond acceptors (Lipinski definition) is 3. The molecule has 0 saturated heterocycles. The summed E-state index contributed by atoms with van der Waals surface area (Å²) in [5.41, 5.74) is 7.25. The van der Waals surface area contributed by atoms with Gasteiger partial charge in [0.2, 0.25) is 0 Å². The van der Waals surface area contributed by atoms with E-state index >= 15 is 0 Å². The first-order chi connectivity index (χ1) is 18.1. The number of carbonyl (C=O) groups excluding carboxylic acids is 1. The summed E-state index contributed by atoms with van der Waals surface area (Å²) in [7, 11) is 0. The highest BCUT2D eigenvalue weighted by molar-refractivity contribution is 7.15. The number of benzene rings is 2. The molecule has 0 saturated carbocycles. The summed E-state index contributed by atoms with van der Waals surface area (Å²) in [6, 6.07) is 20.5. The van der Waals surface area contributed by atoms with Gasteiger partial charge in [-0.15, -0.1) is 11.3 Å². The minimum absolute atomic E-state index is 0.0521. The largest absolute Gasteiger partial charge is 0.494 e. The summed E-state index contributed by atoms with van der Waals surface area (Å²) in [4.78, 5) is 17.5. The lowest BCUT2D eigenvalue weighted by atomic mass is 9.95. The van der Waals surface area contributed by atoms with Gasteiger partial charge in [0.1, 0.15) is 10.8 Å². The first-order valence-electron chi connectivity index (χ1n) is 13.3. The fourth-order valence-corrected chi connectivity index (χ4v) is 7.07. The lowest BCUT2D eigenvalue weighted by Crippen LogP contribution is -2.41. The van der Waals surface area contributed by atoms with E-state index in [-0.39, 0.29) is 12.1 Å². The maximum absolute atomic E-state index is 14.0. The highest BCUT2D eigenvalue weighted by Crippen LogP contribution is 2.44. The average Bonchev–Trinajstić information content (AvgIpc) is 3.50. The lowest BCUT2D eigenvalue weighted by molar-refractivity contribution is 0.180. The van der Waals surface area contributed by atoms with Gasteiger partial charge in [0, 0.05) is 23.2 Å². The number of ether oxygens (including phenoxy) is 1. The molecular formula is C31H33N3O2S. The normalized spacial score (nSPS) is 16.4. The van der Waals surface area contributed by atoms with Crippen molar-refractivity contribution >= 4 is 17.4 Å². The second-order valence-corrected chi connectivity index (χ2v) is 11.1. The van der Waals surface area contributed by atoms with E-state index in [0.717, 1.165) is 35.4 Å². The molecule has 6 rings (SSSR count). The Kier molecular flexibility index (Phi) is 6.51. The molecule has 1 N–H and O–H groups in total. The number of rotatable bonds is 5. The summed E-state index contributed by atoms with van der Waals surface area (Å²) in [6.45, 7) is 5.77. The highest BCUT2D eigenvalue weighted by atomic mass is 32.1. The van der Waals surface area contributed by atoms with E-state index in [1.165, 1.54) is 39.4 Å². The summed E-state index contributed by atoms with van der Waals surface area (Å²) in [6.07, 6.45) is 6.86. The number of nitrogens with one attached hydrogen (secondary N) is 1. The number of aryl methyl sites for hydroxylation is 2. The number of amides is 2. The van der Waals surface area contributed by atoms with Crippen molar-refractivity contribution in [2.24, 2.45) is 0 Å². The van der Waals surface area contributed by atoms with Gasteiger partial charge >= 0.3 is 6.03 Å². The Morgan fingerprint density at radius 1 is 1.05 bits per heavy atom. The number of fused-ring (bicyclic) bond motifs is 5. The van der Waals surface area contributed by atoms with Gasteiger partial charge < -0.3 is 19.5 Å². The Labute approximate surface area is 222 Å². The van der Waals surface area contributed by atoms with Crippen LogP contribution in [0.1, 0.15) is 64.2 Å². The van der Waals surface area contributed by atoms with E-state index in [2.05, 4.69) is 71.5 Å². The molecule has 2 aromatic heterocycles. The highest BCUT2D eigenvalue weighted by Gasteiger charge is 2.36. The van der Waals surface area contributed by atoms with Gasteiger partial charge in [-0.2, -0.15) is 0 Å². The van der Waals surface area contributed by atoms with Crippen LogP contribution in [0.2, 0.25) is 0 Å². The molecule has 1 aliphatic carbocycles. The molecular weight excluding hydrogens is 478 g/mol. The molecule has 2 aliphatic rings. The van der Waals surface area contributed by atoms with Gasteiger partial charge in [-0.3, -0.25) is 0 Å². The van der Waals surface area contributed by atoms with Crippen LogP contribution in [-0.2, 0) is 25.9 Å². The Bertz CT molecular complexity index is 1420. The number of thiophene rings is 1. The summed E-state index contributed by atoms with van der Waals surface area (Å²) in [5, 5.41) is 4.50. The predicted molar refractivity (Wildman–Crippen MR) is 149 cm³/mol. The summed E-state index contributed by atoms with van der Waals surface area (Å²) >= 11 is 1.91. The fourth-order valence-electron chi connectivity index (χ4n) is 5.66. The van der Waals surface area contributed by atoms with Gasteiger partial charge in [0.15, 0.2) is 0 Å². The molecule has 0 bridgehead atoms. The lowest BCUT2D eigenvalue weighted by Gasteiger charge is -2.31. The van der Waals surface area contributed by atoms with E-state index in [1.54, 1.807) is 0 Å². The molecule has 0 spiro atoms. The van der Waals surface area contributed by atoms with Crippen LogP contribution in [0.4, 0.5) is 4.79 Å². The molecule has 1 aliphatic heterocycles. The standard InChI is InChI=1S/C31H33N3O2S/c1-3-36-24-9-6-8-23(18-24)29-27-11-7-17-33(27)30-26(25-10-4-5-12-28(25)37-30)20-34(29)31(35)32-19-22-15-13-21(2)14-16-22/h6-9,11,13-18,29H,3-5,10,12,19-20H2,1-2H3,(H,32,35). The molecule has 4 aromatic rings. The van der Waals surface area contributed by atoms with E-state index in [1.807, 2.05) is 35.3 Å². The molecule has 1 unspecified atom stereocenters. The van der Waals surface area contributed by atoms with Gasteiger partial charge in [0.25, 0.3) is 0 Å². The third-order valence-electron chi connectivity index (χ3n) is 7.49. The van der Waals surface area contributed by atoms with E-state index in [4.69, 9.17) is 4.74 Å². The van der Waals surface area contributed by atoms with E-state index < -0.39 is 0 Å². The SMILES string of the molecule is CCOc1cccc(C2c3cccn3-c3sc4c(c3CN2C(=O)NCc2ccc(C)cc2)CCCC4)c1. The van der Waals surface area contributed by atoms with Crippen LogP contribution >= 0.6 is 11.3 Å². The third kappa shape index (κ3) is 4.55. The van der Waals surface area contributed by atoms with Crippen LogP contribution in [0.3, 0.4) is 0 Å². The molecule has 5 nitrogen and oxygen atoms in total. The van der Waals surface area contributed by atoms with Crippen LogP contribution in [0.15, 0.2) is 66.9 Å². The number of urea groups is 1. The average molecular weight is 512 g/mol.